The lowest BCUT2D eigenvalue weighted by Crippen LogP contribution is -2.26. The van der Waals surface area contributed by atoms with E-state index < -0.39 is 11.7 Å². The van der Waals surface area contributed by atoms with Gasteiger partial charge in [-0.25, -0.2) is 0 Å². The zero-order valence-corrected chi connectivity index (χ0v) is 14.1. The summed E-state index contributed by atoms with van der Waals surface area (Å²) < 4.78 is 38.9. The van der Waals surface area contributed by atoms with Crippen molar-refractivity contribution in [1.82, 2.24) is 15.2 Å². The van der Waals surface area contributed by atoms with Gasteiger partial charge in [-0.1, -0.05) is 24.4 Å². The molecule has 1 aliphatic heterocycles. The summed E-state index contributed by atoms with van der Waals surface area (Å²) in [5.74, 6) is 0.821. The van der Waals surface area contributed by atoms with E-state index in [1.54, 1.807) is 0 Å². The first-order valence-corrected chi connectivity index (χ1v) is 8.40. The number of hydrogen-bond donors (Lipinski definition) is 1. The summed E-state index contributed by atoms with van der Waals surface area (Å²) in [5, 5.41) is 10.4. The highest BCUT2D eigenvalue weighted by Crippen LogP contribution is 2.36. The molecule has 1 N–H and O–H groups in total. The van der Waals surface area contributed by atoms with Crippen molar-refractivity contribution in [1.29, 1.82) is 0 Å². The van der Waals surface area contributed by atoms with Gasteiger partial charge in [-0.05, 0) is 31.0 Å². The average molecular weight is 372 g/mol. The van der Waals surface area contributed by atoms with Crippen molar-refractivity contribution in [3.63, 3.8) is 0 Å². The van der Waals surface area contributed by atoms with E-state index in [4.69, 9.17) is 11.6 Å². The highest BCUT2D eigenvalue weighted by atomic mass is 35.5. The fourth-order valence-electron chi connectivity index (χ4n) is 2.73. The maximum atomic E-state index is 13.0. The minimum atomic E-state index is -4.52. The van der Waals surface area contributed by atoms with Crippen LogP contribution in [0.3, 0.4) is 0 Å². The first-order chi connectivity index (χ1) is 11.9. The van der Waals surface area contributed by atoms with Crippen molar-refractivity contribution < 1.29 is 13.2 Å². The number of rotatable bonds is 3. The summed E-state index contributed by atoms with van der Waals surface area (Å²) in [7, 11) is 0. The lowest BCUT2D eigenvalue weighted by Gasteiger charge is -2.20. The fourth-order valence-corrected chi connectivity index (χ4v) is 2.95. The van der Waals surface area contributed by atoms with Gasteiger partial charge in [0.25, 0.3) is 0 Å². The van der Waals surface area contributed by atoms with Crippen LogP contribution in [-0.2, 0) is 6.18 Å². The number of alkyl halides is 3. The first kappa shape index (κ1) is 17.7. The third kappa shape index (κ3) is 4.50. The van der Waals surface area contributed by atoms with Crippen LogP contribution in [0.2, 0.25) is 5.02 Å². The van der Waals surface area contributed by atoms with Crippen molar-refractivity contribution in [3.05, 3.63) is 35.0 Å². The molecular formula is C16H17ClF3N5. The number of hydrogen-bond acceptors (Lipinski definition) is 5. The largest absolute Gasteiger partial charge is 0.417 e. The van der Waals surface area contributed by atoms with E-state index >= 15 is 0 Å². The molecule has 1 aromatic heterocycles. The number of benzene rings is 1. The Kier molecular flexibility index (Phi) is 5.27. The summed E-state index contributed by atoms with van der Waals surface area (Å²) >= 11 is 5.63. The Hall–Kier alpha value is -2.09. The Morgan fingerprint density at radius 3 is 2.48 bits per heavy atom. The van der Waals surface area contributed by atoms with E-state index in [0.717, 1.165) is 32.0 Å². The van der Waals surface area contributed by atoms with E-state index in [2.05, 4.69) is 20.5 Å². The van der Waals surface area contributed by atoms with Crippen molar-refractivity contribution >= 4 is 29.1 Å². The van der Waals surface area contributed by atoms with Gasteiger partial charge in [-0.15, -0.1) is 5.10 Å². The molecule has 2 heterocycles. The summed E-state index contributed by atoms with van der Waals surface area (Å²) in [6.07, 6.45) is 1.33. The monoisotopic (exact) mass is 371 g/mol. The number of nitrogens with one attached hydrogen (secondary N) is 1. The van der Waals surface area contributed by atoms with E-state index in [-0.39, 0.29) is 10.7 Å². The third-order valence-electron chi connectivity index (χ3n) is 3.98. The molecule has 3 rings (SSSR count). The van der Waals surface area contributed by atoms with Crippen LogP contribution in [0, 0.1) is 0 Å². The Morgan fingerprint density at radius 1 is 1.08 bits per heavy atom. The third-order valence-corrected chi connectivity index (χ3v) is 4.31. The Balaban J connectivity index is 1.80. The molecule has 0 radical (unpaired) electrons. The van der Waals surface area contributed by atoms with Gasteiger partial charge in [0.2, 0.25) is 5.95 Å². The molecule has 0 spiro atoms. The molecule has 0 atom stereocenters. The minimum Gasteiger partial charge on any atom is -0.339 e. The molecule has 134 valence electrons. The highest BCUT2D eigenvalue weighted by molar-refractivity contribution is 6.31. The first-order valence-electron chi connectivity index (χ1n) is 8.02. The summed E-state index contributed by atoms with van der Waals surface area (Å²) in [6.45, 7) is 1.70. The van der Waals surface area contributed by atoms with E-state index in [1.165, 1.54) is 31.2 Å². The molecule has 9 heteroatoms. The number of nitrogens with zero attached hydrogens (tertiary/aromatic N) is 4. The van der Waals surface area contributed by atoms with Crippen LogP contribution in [0.4, 0.5) is 30.6 Å². The average Bonchev–Trinajstić information content (AvgIpc) is 2.85. The summed E-state index contributed by atoms with van der Waals surface area (Å²) in [5.41, 5.74) is -0.659. The van der Waals surface area contributed by atoms with Gasteiger partial charge < -0.3 is 10.2 Å². The smallest absolute Gasteiger partial charge is 0.339 e. The molecule has 0 unspecified atom stereocenters. The van der Waals surface area contributed by atoms with Crippen LogP contribution in [0.25, 0.3) is 0 Å². The van der Waals surface area contributed by atoms with Crippen molar-refractivity contribution in [2.24, 2.45) is 0 Å². The molecule has 0 amide bonds. The van der Waals surface area contributed by atoms with Crippen LogP contribution in [-0.4, -0.2) is 28.3 Å². The van der Waals surface area contributed by atoms with Gasteiger partial charge in [0.1, 0.15) is 0 Å². The molecule has 1 saturated heterocycles. The van der Waals surface area contributed by atoms with Gasteiger partial charge >= 0.3 is 6.18 Å². The van der Waals surface area contributed by atoms with Crippen LogP contribution < -0.4 is 10.2 Å². The summed E-state index contributed by atoms with van der Waals surface area (Å²) in [6, 6.07) is 3.62. The topological polar surface area (TPSA) is 53.9 Å². The maximum absolute atomic E-state index is 13.0. The molecule has 0 saturated carbocycles. The lowest BCUT2D eigenvalue weighted by molar-refractivity contribution is -0.137. The van der Waals surface area contributed by atoms with Crippen LogP contribution in [0.1, 0.15) is 31.2 Å². The molecule has 1 aliphatic rings. The van der Waals surface area contributed by atoms with Crippen molar-refractivity contribution in [3.8, 4) is 0 Å². The Morgan fingerprint density at radius 2 is 1.80 bits per heavy atom. The molecule has 5 nitrogen and oxygen atoms in total. The van der Waals surface area contributed by atoms with Gasteiger partial charge in [-0.2, -0.15) is 23.3 Å². The second-order valence-electron chi connectivity index (χ2n) is 5.86. The molecular weight excluding hydrogens is 355 g/mol. The Bertz CT molecular complexity index is 730. The van der Waals surface area contributed by atoms with Gasteiger partial charge in [0.15, 0.2) is 5.82 Å². The maximum Gasteiger partial charge on any atom is 0.417 e. The Labute approximate surface area is 148 Å². The molecule has 1 fully saturated rings. The number of anilines is 3. The van der Waals surface area contributed by atoms with E-state index in [1.807, 2.05) is 4.90 Å². The minimum absolute atomic E-state index is 0.235. The lowest BCUT2D eigenvalue weighted by atomic mass is 10.2. The highest BCUT2D eigenvalue weighted by Gasteiger charge is 2.33. The molecule has 25 heavy (non-hydrogen) atoms. The molecule has 0 aliphatic carbocycles. The SMILES string of the molecule is FC(F)(F)c1cc(Nc2cnnc(N3CCCCCC3)n2)ccc1Cl. The second kappa shape index (κ2) is 7.43. The molecule has 2 aromatic rings. The predicted molar refractivity (Wildman–Crippen MR) is 90.2 cm³/mol. The van der Waals surface area contributed by atoms with Crippen LogP contribution >= 0.6 is 11.6 Å². The van der Waals surface area contributed by atoms with Crippen LogP contribution in [0.5, 0.6) is 0 Å². The normalized spacial score (nSPS) is 15.8. The summed E-state index contributed by atoms with van der Waals surface area (Å²) in [4.78, 5) is 6.42. The van der Waals surface area contributed by atoms with E-state index in [0.29, 0.717) is 11.8 Å². The second-order valence-corrected chi connectivity index (χ2v) is 6.27. The fraction of sp³-hybridized carbons (Fsp3) is 0.438. The zero-order chi connectivity index (χ0) is 17.9. The zero-order valence-electron chi connectivity index (χ0n) is 13.4. The quantitative estimate of drug-likeness (QED) is 0.849. The van der Waals surface area contributed by atoms with E-state index in [9.17, 15) is 13.2 Å². The standard InChI is InChI=1S/C16H17ClF3N5/c17-13-6-5-11(9-12(13)16(18,19)20)22-14-10-21-24-15(23-14)25-7-3-1-2-4-8-25/h5-6,9-10H,1-4,7-8H2,(H,22,23,24). The number of aromatic nitrogens is 3. The van der Waals surface area contributed by atoms with Crippen LogP contribution in [0.15, 0.2) is 24.4 Å². The molecule has 0 bridgehead atoms. The van der Waals surface area contributed by atoms with Gasteiger partial charge in [-0.3, -0.25) is 0 Å². The predicted octanol–water partition coefficient (Wildman–Crippen LogP) is 4.67. The van der Waals surface area contributed by atoms with Gasteiger partial charge in [0.05, 0.1) is 16.8 Å². The van der Waals surface area contributed by atoms with Crippen molar-refractivity contribution in [2.75, 3.05) is 23.3 Å². The number of halogens is 4. The van der Waals surface area contributed by atoms with Crippen molar-refractivity contribution in [2.45, 2.75) is 31.9 Å². The van der Waals surface area contributed by atoms with Gasteiger partial charge in [0, 0.05) is 18.8 Å². The molecule has 1 aromatic carbocycles.